The minimum atomic E-state index is -1.34. The summed E-state index contributed by atoms with van der Waals surface area (Å²) in [6.45, 7) is 0. The zero-order chi connectivity index (χ0) is 28.9. The first-order chi connectivity index (χ1) is 19.4. The van der Waals surface area contributed by atoms with Gasteiger partial charge in [0.1, 0.15) is 0 Å². The maximum atomic E-state index is 8.58. The van der Waals surface area contributed by atoms with Crippen molar-refractivity contribution in [2.45, 2.75) is 0 Å². The van der Waals surface area contributed by atoms with Crippen LogP contribution in [0.25, 0.3) is 32.7 Å². The molecule has 202 valence electrons. The molecule has 6 rings (SSSR count). The van der Waals surface area contributed by atoms with Crippen LogP contribution in [0.1, 0.15) is 0 Å². The van der Waals surface area contributed by atoms with E-state index in [4.69, 9.17) is 10.0 Å². The molecule has 6 aromatic rings. The van der Waals surface area contributed by atoms with Crippen molar-refractivity contribution in [3.05, 3.63) is 146 Å². The van der Waals surface area contributed by atoms with E-state index in [0.29, 0.717) is 5.46 Å². The van der Waals surface area contributed by atoms with E-state index in [2.05, 4.69) is 174 Å². The number of hydrogen-bond donors (Lipinski definition) is 2. The Morgan fingerprint density at radius 3 is 1.55 bits per heavy atom. The summed E-state index contributed by atoms with van der Waals surface area (Å²) in [4.78, 5) is 1.97. The number of benzene rings is 6. The second-order valence-electron chi connectivity index (χ2n) is 8.43. The number of hydrogen-bond acceptors (Lipinski definition) is 2. The van der Waals surface area contributed by atoms with Gasteiger partial charge in [0.05, 0.1) is 0 Å². The van der Waals surface area contributed by atoms with Gasteiger partial charge in [-0.05, 0) is 89.9 Å². The molecule has 0 bridgehead atoms. The van der Waals surface area contributed by atoms with E-state index in [1.807, 2.05) is 17.1 Å². The Morgan fingerprint density at radius 1 is 0.550 bits per heavy atom. The summed E-state index contributed by atoms with van der Waals surface area (Å²) in [6.07, 6.45) is 0. The van der Waals surface area contributed by atoms with Crippen molar-refractivity contribution in [3.63, 3.8) is 0 Å². The van der Waals surface area contributed by atoms with Gasteiger partial charge >= 0.3 is 7.12 Å². The topological polar surface area (TPSA) is 40.5 Å². The van der Waals surface area contributed by atoms with Gasteiger partial charge in [0.2, 0.25) is 0 Å². The van der Waals surface area contributed by atoms with E-state index < -0.39 is 7.12 Å². The van der Waals surface area contributed by atoms with Crippen LogP contribution >= 0.6 is 77.0 Å². The average Bonchev–Trinajstić information content (AvgIpc) is 2.99. The minimum absolute atomic E-state index is 0.525. The zero-order valence-corrected chi connectivity index (χ0v) is 29.2. The van der Waals surface area contributed by atoms with Gasteiger partial charge in [0.25, 0.3) is 0 Å². The zero-order valence-electron chi connectivity index (χ0n) is 21.7. The smallest absolute Gasteiger partial charge is 0.423 e. The maximum absolute atomic E-state index is 8.58. The first kappa shape index (κ1) is 32.8. The molecule has 0 saturated heterocycles. The van der Waals surface area contributed by atoms with Gasteiger partial charge in [-0.2, -0.15) is 0 Å². The van der Waals surface area contributed by atoms with Gasteiger partial charge in [0.15, 0.2) is 0 Å². The summed E-state index contributed by atoms with van der Waals surface area (Å²) in [5.41, 5.74) is 3.05. The fourth-order valence-corrected chi connectivity index (χ4v) is 6.19. The van der Waals surface area contributed by atoms with E-state index in [9.17, 15) is 0 Å². The van der Waals surface area contributed by atoms with Gasteiger partial charge in [0, 0.05) is 12.5 Å². The van der Waals surface area contributed by atoms with Gasteiger partial charge in [-0.3, -0.25) is 0 Å². The summed E-state index contributed by atoms with van der Waals surface area (Å²) >= 11 is 11.6. The normalized spacial score (nSPS) is 9.88. The van der Waals surface area contributed by atoms with Gasteiger partial charge in [-0.25, -0.2) is 0 Å². The Morgan fingerprint density at radius 2 is 1.00 bits per heavy atom. The predicted molar refractivity (Wildman–Crippen MR) is 198 cm³/mol. The molecule has 40 heavy (non-hydrogen) atoms. The molecule has 0 heterocycles. The third-order valence-electron chi connectivity index (χ3n) is 5.79. The van der Waals surface area contributed by atoms with Crippen LogP contribution in [0.5, 0.6) is 0 Å². The maximum Gasteiger partial charge on any atom is 0.488 e. The SMILES string of the molecule is Brc1cc(-c2ccccc2)c2ccccc2c1.Brc1cc(I)c2ccccc2c1.CI.OB(O)c1ccccc1. The van der Waals surface area contributed by atoms with Gasteiger partial charge in [-0.15, -0.1) is 0 Å². The van der Waals surface area contributed by atoms with E-state index in [1.165, 1.54) is 36.2 Å². The van der Waals surface area contributed by atoms with Crippen molar-refractivity contribution >= 4 is 111 Å². The van der Waals surface area contributed by atoms with Crippen LogP contribution in [0, 0.1) is 3.57 Å². The highest BCUT2D eigenvalue weighted by atomic mass is 127. The van der Waals surface area contributed by atoms with Crippen LogP contribution < -0.4 is 5.46 Å². The highest BCUT2D eigenvalue weighted by Gasteiger charge is 2.07. The quantitative estimate of drug-likeness (QED) is 0.103. The first-order valence-electron chi connectivity index (χ1n) is 12.3. The van der Waals surface area contributed by atoms with Crippen molar-refractivity contribution < 1.29 is 10.0 Å². The summed E-state index contributed by atoms with van der Waals surface area (Å²) in [5.74, 6) is 0. The number of fused-ring (bicyclic) bond motifs is 2. The Kier molecular flexibility index (Phi) is 14.1. The molecule has 0 spiro atoms. The molecular weight excluding hydrogens is 853 g/mol. The fraction of sp³-hybridized carbons (Fsp3) is 0.0303. The lowest BCUT2D eigenvalue weighted by molar-refractivity contribution is 0.426. The van der Waals surface area contributed by atoms with E-state index >= 15 is 0 Å². The van der Waals surface area contributed by atoms with Gasteiger partial charge < -0.3 is 10.0 Å². The van der Waals surface area contributed by atoms with Crippen LogP contribution in [-0.2, 0) is 0 Å². The molecule has 0 atom stereocenters. The number of rotatable bonds is 2. The molecular formula is C33H27BBr2I2O2. The second kappa shape index (κ2) is 17.3. The molecule has 0 aliphatic heterocycles. The third-order valence-corrected chi connectivity index (χ3v) is 7.59. The van der Waals surface area contributed by atoms with E-state index in [1.54, 1.807) is 24.3 Å². The van der Waals surface area contributed by atoms with Crippen LogP contribution in [0.15, 0.2) is 142 Å². The lowest BCUT2D eigenvalue weighted by Crippen LogP contribution is -2.29. The summed E-state index contributed by atoms with van der Waals surface area (Å²) in [7, 11) is -1.34. The first-order valence-corrected chi connectivity index (χ1v) is 17.1. The molecule has 6 aromatic carbocycles. The van der Waals surface area contributed by atoms with Crippen LogP contribution in [0.3, 0.4) is 0 Å². The lowest BCUT2D eigenvalue weighted by Gasteiger charge is -2.07. The molecule has 2 nitrogen and oxygen atoms in total. The van der Waals surface area contributed by atoms with E-state index in [-0.39, 0.29) is 0 Å². The molecule has 0 fully saturated rings. The molecule has 2 N–H and O–H groups in total. The Balaban J connectivity index is 0.000000169. The molecule has 0 radical (unpaired) electrons. The van der Waals surface area contributed by atoms with Crippen molar-refractivity contribution in [1.82, 2.24) is 0 Å². The Bertz CT molecular complexity index is 1630. The molecule has 0 aromatic heterocycles. The fourth-order valence-electron chi connectivity index (χ4n) is 3.99. The van der Waals surface area contributed by atoms with Crippen molar-refractivity contribution in [2.24, 2.45) is 0 Å². The van der Waals surface area contributed by atoms with Crippen LogP contribution in [0.4, 0.5) is 0 Å². The third kappa shape index (κ3) is 9.67. The molecule has 0 unspecified atom stereocenters. The van der Waals surface area contributed by atoms with Crippen molar-refractivity contribution in [1.29, 1.82) is 0 Å². The van der Waals surface area contributed by atoms with Crippen LogP contribution in [-0.4, -0.2) is 22.1 Å². The van der Waals surface area contributed by atoms with Crippen LogP contribution in [0.2, 0.25) is 0 Å². The van der Waals surface area contributed by atoms with Crippen molar-refractivity contribution in [2.75, 3.05) is 4.93 Å². The summed E-state index contributed by atoms with van der Waals surface area (Å²) in [6, 6.07) is 44.6. The molecule has 7 heteroatoms. The highest BCUT2D eigenvalue weighted by Crippen LogP contribution is 2.32. The van der Waals surface area contributed by atoms with Crippen molar-refractivity contribution in [3.8, 4) is 11.1 Å². The summed E-state index contributed by atoms with van der Waals surface area (Å²) in [5, 5.41) is 22.3. The molecule has 0 saturated carbocycles. The predicted octanol–water partition coefficient (Wildman–Crippen LogP) is 9.89. The van der Waals surface area contributed by atoms with E-state index in [0.717, 1.165) is 8.95 Å². The number of halogens is 4. The standard InChI is InChI=1S/C16H11Br.C10H6BrI.C6H7BO2.CH3I/c17-14-10-13-8-4-5-9-15(13)16(11-14)12-6-2-1-3-7-12;11-8-5-7-3-1-2-4-9(7)10(12)6-8;8-7(9)6-4-2-1-3-5-6;1-2/h1-11H;1-6H;1-5,8-9H;1H3. The number of alkyl halides is 1. The van der Waals surface area contributed by atoms with Gasteiger partial charge in [-0.1, -0.05) is 164 Å². The largest absolute Gasteiger partial charge is 0.488 e. The lowest BCUT2D eigenvalue weighted by atomic mass is 9.81. The monoisotopic (exact) mass is 878 g/mol. The summed E-state index contributed by atoms with van der Waals surface area (Å²) < 4.78 is 3.55. The molecule has 0 aliphatic carbocycles. The second-order valence-corrected chi connectivity index (χ2v) is 11.4. The molecule has 0 amide bonds. The Labute approximate surface area is 280 Å². The minimum Gasteiger partial charge on any atom is -0.423 e. The molecule has 0 aliphatic rings. The average molecular weight is 880 g/mol. The Hall–Kier alpha value is -1.76. The highest BCUT2D eigenvalue weighted by molar-refractivity contribution is 14.1.